The molecule has 0 aliphatic heterocycles. The quantitative estimate of drug-likeness (QED) is 0.211. The topological polar surface area (TPSA) is 59.3 Å². The maximum Gasteiger partial charge on any atom is 0.346 e. The largest absolute Gasteiger partial charge is 0.462 e. The number of benzene rings is 1. The minimum atomic E-state index is -2.35. The van der Waals surface area contributed by atoms with Crippen LogP contribution in [0.2, 0.25) is 0 Å². The van der Waals surface area contributed by atoms with Gasteiger partial charge in [0.05, 0.1) is 11.5 Å². The molecular formula is C28H37F2NO3. The molecule has 3 atom stereocenters. The molecule has 0 aromatic heterocycles. The van der Waals surface area contributed by atoms with Crippen molar-refractivity contribution in [1.82, 2.24) is 0 Å². The first kappa shape index (κ1) is 27.7. The fourth-order valence-corrected chi connectivity index (χ4v) is 3.91. The first-order valence-corrected chi connectivity index (χ1v) is 12.3. The van der Waals surface area contributed by atoms with E-state index in [0.29, 0.717) is 18.4 Å². The van der Waals surface area contributed by atoms with Gasteiger partial charge in [0.2, 0.25) is 5.60 Å². The van der Waals surface area contributed by atoms with Crippen LogP contribution in [0.5, 0.6) is 0 Å². The standard InChI is InChI=1S/C28H37F2NO3/c1-4-6-8-9-13-19-34-28(26(32)33-21-27(3,20-31)17-7-5-2)18-16-23(24(29)25(28)30)22-14-11-10-12-15-22/h10-12,14-16,18,25H,4-9,13,17,19,21H2,1-3H3. The van der Waals surface area contributed by atoms with Gasteiger partial charge in [-0.05, 0) is 31.4 Å². The molecule has 1 aliphatic rings. The van der Waals surface area contributed by atoms with Gasteiger partial charge in [-0.25, -0.2) is 13.6 Å². The summed E-state index contributed by atoms with van der Waals surface area (Å²) in [6, 6.07) is 10.8. The second-order valence-electron chi connectivity index (χ2n) is 9.23. The van der Waals surface area contributed by atoms with E-state index in [2.05, 4.69) is 13.0 Å². The van der Waals surface area contributed by atoms with E-state index in [0.717, 1.165) is 38.5 Å². The monoisotopic (exact) mass is 473 g/mol. The molecule has 0 amide bonds. The number of rotatable bonds is 14. The number of carbonyl (C=O) groups excluding carboxylic acids is 1. The molecule has 2 rings (SSSR count). The van der Waals surface area contributed by atoms with E-state index in [1.807, 2.05) is 6.92 Å². The Hall–Kier alpha value is -2.52. The Morgan fingerprint density at radius 1 is 1.12 bits per heavy atom. The van der Waals surface area contributed by atoms with Gasteiger partial charge in [0.1, 0.15) is 12.4 Å². The van der Waals surface area contributed by atoms with Crippen LogP contribution >= 0.6 is 0 Å². The fraction of sp³-hybridized carbons (Fsp3) is 0.571. The van der Waals surface area contributed by atoms with Crippen molar-refractivity contribution in [1.29, 1.82) is 5.26 Å². The molecule has 186 valence electrons. The molecule has 3 unspecified atom stereocenters. The summed E-state index contributed by atoms with van der Waals surface area (Å²) < 4.78 is 42.1. The molecule has 0 spiro atoms. The predicted molar refractivity (Wildman–Crippen MR) is 130 cm³/mol. The SMILES string of the molecule is CCCCCCCOC1(C(=O)OCC(C)(C#N)CCCC)C=CC(c2ccccc2)=C(F)C1F. The van der Waals surface area contributed by atoms with E-state index in [4.69, 9.17) is 9.47 Å². The Morgan fingerprint density at radius 2 is 1.79 bits per heavy atom. The fourth-order valence-electron chi connectivity index (χ4n) is 3.91. The average molecular weight is 474 g/mol. The van der Waals surface area contributed by atoms with Gasteiger partial charge in [-0.3, -0.25) is 0 Å². The summed E-state index contributed by atoms with van der Waals surface area (Å²) in [5.41, 5.74) is -2.53. The van der Waals surface area contributed by atoms with Crippen LogP contribution in [0.15, 0.2) is 48.3 Å². The summed E-state index contributed by atoms with van der Waals surface area (Å²) in [5, 5.41) is 9.57. The molecule has 6 heteroatoms. The zero-order valence-corrected chi connectivity index (χ0v) is 20.6. The first-order chi connectivity index (χ1) is 16.3. The van der Waals surface area contributed by atoms with Gasteiger partial charge in [-0.1, -0.05) is 88.8 Å². The van der Waals surface area contributed by atoms with Crippen molar-refractivity contribution < 1.29 is 23.0 Å². The van der Waals surface area contributed by atoms with Gasteiger partial charge >= 0.3 is 5.97 Å². The third-order valence-corrected chi connectivity index (χ3v) is 6.22. The lowest BCUT2D eigenvalue weighted by Gasteiger charge is -2.35. The van der Waals surface area contributed by atoms with E-state index in [1.165, 1.54) is 12.2 Å². The van der Waals surface area contributed by atoms with Crippen LogP contribution in [-0.4, -0.2) is 31.0 Å². The van der Waals surface area contributed by atoms with Gasteiger partial charge in [0.25, 0.3) is 0 Å². The van der Waals surface area contributed by atoms with E-state index in [9.17, 15) is 10.1 Å². The van der Waals surface area contributed by atoms with Crippen LogP contribution in [0.1, 0.15) is 77.7 Å². The lowest BCUT2D eigenvalue weighted by Crippen LogP contribution is -2.52. The Kier molecular flexibility index (Phi) is 10.9. The summed E-state index contributed by atoms with van der Waals surface area (Å²) in [6.07, 6.45) is 7.22. The molecular weight excluding hydrogens is 436 g/mol. The minimum absolute atomic E-state index is 0.0767. The third-order valence-electron chi connectivity index (χ3n) is 6.22. The highest BCUT2D eigenvalue weighted by Crippen LogP contribution is 2.39. The molecule has 1 aromatic rings. The van der Waals surface area contributed by atoms with Crippen molar-refractivity contribution >= 4 is 11.5 Å². The smallest absolute Gasteiger partial charge is 0.346 e. The number of nitriles is 1. The van der Waals surface area contributed by atoms with Crippen molar-refractivity contribution in [3.05, 3.63) is 53.9 Å². The summed E-state index contributed by atoms with van der Waals surface area (Å²) in [5.74, 6) is -2.07. The summed E-state index contributed by atoms with van der Waals surface area (Å²) in [7, 11) is 0. The molecule has 0 saturated heterocycles. The van der Waals surface area contributed by atoms with Crippen molar-refractivity contribution in [2.75, 3.05) is 13.2 Å². The zero-order valence-electron chi connectivity index (χ0n) is 20.6. The van der Waals surface area contributed by atoms with E-state index >= 15 is 8.78 Å². The number of hydrogen-bond acceptors (Lipinski definition) is 4. The van der Waals surface area contributed by atoms with Crippen molar-refractivity contribution in [3.8, 4) is 6.07 Å². The Morgan fingerprint density at radius 3 is 2.44 bits per heavy atom. The molecule has 34 heavy (non-hydrogen) atoms. The summed E-state index contributed by atoms with van der Waals surface area (Å²) >= 11 is 0. The molecule has 1 aromatic carbocycles. The second-order valence-corrected chi connectivity index (χ2v) is 9.23. The molecule has 0 bridgehead atoms. The molecule has 0 fully saturated rings. The van der Waals surface area contributed by atoms with Gasteiger partial charge in [-0.2, -0.15) is 5.26 Å². The second kappa shape index (κ2) is 13.4. The highest BCUT2D eigenvalue weighted by atomic mass is 19.2. The number of unbranched alkanes of at least 4 members (excludes halogenated alkanes) is 5. The number of ether oxygens (including phenoxy) is 2. The average Bonchev–Trinajstić information content (AvgIpc) is 2.86. The van der Waals surface area contributed by atoms with Crippen molar-refractivity contribution in [2.24, 2.45) is 5.41 Å². The van der Waals surface area contributed by atoms with E-state index < -0.39 is 29.0 Å². The molecule has 0 saturated carbocycles. The number of nitrogens with zero attached hydrogens (tertiary/aromatic N) is 1. The molecule has 0 heterocycles. The zero-order chi connectivity index (χ0) is 25.0. The van der Waals surface area contributed by atoms with E-state index in [1.54, 1.807) is 37.3 Å². The molecule has 1 aliphatic carbocycles. The molecule has 4 nitrogen and oxygen atoms in total. The Balaban J connectivity index is 2.23. The minimum Gasteiger partial charge on any atom is -0.462 e. The number of halogens is 2. The van der Waals surface area contributed by atoms with Gasteiger partial charge in [0.15, 0.2) is 6.17 Å². The Bertz CT molecular complexity index is 893. The number of carbonyl (C=O) groups is 1. The van der Waals surface area contributed by atoms with Gasteiger partial charge in [0, 0.05) is 12.2 Å². The van der Waals surface area contributed by atoms with Crippen LogP contribution in [0, 0.1) is 16.7 Å². The van der Waals surface area contributed by atoms with E-state index in [-0.39, 0.29) is 18.8 Å². The van der Waals surface area contributed by atoms with Crippen molar-refractivity contribution in [2.45, 2.75) is 83.9 Å². The lowest BCUT2D eigenvalue weighted by molar-refractivity contribution is -0.175. The number of esters is 1. The van der Waals surface area contributed by atoms with Crippen LogP contribution in [0.4, 0.5) is 8.78 Å². The summed E-state index contributed by atoms with van der Waals surface area (Å²) in [6.45, 7) is 5.71. The predicted octanol–water partition coefficient (Wildman–Crippen LogP) is 7.26. The number of alkyl halides is 1. The molecule has 0 N–H and O–H groups in total. The maximum atomic E-state index is 15.6. The van der Waals surface area contributed by atoms with Crippen LogP contribution in [-0.2, 0) is 14.3 Å². The maximum absolute atomic E-state index is 15.6. The molecule has 0 radical (unpaired) electrons. The van der Waals surface area contributed by atoms with Gasteiger partial charge in [-0.15, -0.1) is 0 Å². The highest BCUT2D eigenvalue weighted by molar-refractivity contribution is 5.89. The van der Waals surface area contributed by atoms with Crippen LogP contribution in [0.25, 0.3) is 5.57 Å². The van der Waals surface area contributed by atoms with Gasteiger partial charge < -0.3 is 9.47 Å². The van der Waals surface area contributed by atoms with Crippen molar-refractivity contribution in [3.63, 3.8) is 0 Å². The summed E-state index contributed by atoms with van der Waals surface area (Å²) in [4.78, 5) is 13.2. The normalized spacial score (nSPS) is 21.7. The number of allylic oxidation sites excluding steroid dienone is 2. The van der Waals surface area contributed by atoms with Crippen LogP contribution in [0.3, 0.4) is 0 Å². The Labute approximate surface area is 202 Å². The lowest BCUT2D eigenvalue weighted by atomic mass is 9.85. The highest BCUT2D eigenvalue weighted by Gasteiger charge is 2.52. The first-order valence-electron chi connectivity index (χ1n) is 12.3. The van der Waals surface area contributed by atoms with Crippen LogP contribution < -0.4 is 0 Å². The third kappa shape index (κ3) is 6.99. The number of hydrogen-bond donors (Lipinski definition) is 0.